The van der Waals surface area contributed by atoms with E-state index in [0.29, 0.717) is 0 Å². The molecule has 0 aliphatic heterocycles. The highest BCUT2D eigenvalue weighted by atomic mass is 16.4. The molecule has 0 saturated carbocycles. The number of nitrogens with zero attached hydrogens (tertiary/aromatic N) is 1. The summed E-state index contributed by atoms with van der Waals surface area (Å²) in [4.78, 5) is 12.9. The predicted octanol–water partition coefficient (Wildman–Crippen LogP) is 3.33. The predicted molar refractivity (Wildman–Crippen MR) is 81.8 cm³/mol. The van der Waals surface area contributed by atoms with Crippen LogP contribution in [0.3, 0.4) is 0 Å². The van der Waals surface area contributed by atoms with Gasteiger partial charge in [0.15, 0.2) is 0 Å². The van der Waals surface area contributed by atoms with Gasteiger partial charge < -0.3 is 15.3 Å². The number of rotatable bonds is 6. The van der Waals surface area contributed by atoms with Crippen LogP contribution < -0.4 is 5.32 Å². The van der Waals surface area contributed by atoms with Crippen LogP contribution in [0, 0.1) is 0 Å². The first-order chi connectivity index (χ1) is 9.32. The molecule has 0 radical (unpaired) electrons. The molecule has 0 saturated heterocycles. The van der Waals surface area contributed by atoms with Crippen LogP contribution in [0.25, 0.3) is 0 Å². The van der Waals surface area contributed by atoms with Crippen molar-refractivity contribution in [2.75, 3.05) is 6.54 Å². The Hall–Kier alpha value is -1.55. The van der Waals surface area contributed by atoms with Crippen molar-refractivity contribution in [3.8, 4) is 0 Å². The molecule has 0 aliphatic rings. The van der Waals surface area contributed by atoms with Gasteiger partial charge in [0.05, 0.1) is 0 Å². The van der Waals surface area contributed by atoms with Crippen LogP contribution >= 0.6 is 0 Å². The van der Waals surface area contributed by atoms with Crippen molar-refractivity contribution in [2.45, 2.75) is 52.2 Å². The fraction of sp³-hybridized carbons (Fsp3) is 0.562. The molecule has 0 aliphatic carbocycles. The van der Waals surface area contributed by atoms with E-state index < -0.39 is 6.09 Å². The minimum Gasteiger partial charge on any atom is -0.465 e. The van der Waals surface area contributed by atoms with Crippen LogP contribution in [0.1, 0.15) is 39.7 Å². The lowest BCUT2D eigenvalue weighted by Crippen LogP contribution is -2.50. The van der Waals surface area contributed by atoms with Crippen LogP contribution in [-0.2, 0) is 6.54 Å². The van der Waals surface area contributed by atoms with E-state index in [-0.39, 0.29) is 11.6 Å². The molecule has 1 aromatic rings. The smallest absolute Gasteiger partial charge is 0.407 e. The van der Waals surface area contributed by atoms with Crippen LogP contribution in [-0.4, -0.2) is 34.2 Å². The molecular weight excluding hydrogens is 252 g/mol. The van der Waals surface area contributed by atoms with Gasteiger partial charge in [-0.05, 0) is 46.2 Å². The summed E-state index contributed by atoms with van der Waals surface area (Å²) in [6.45, 7) is 9.36. The Morgan fingerprint density at radius 1 is 1.30 bits per heavy atom. The van der Waals surface area contributed by atoms with Crippen LogP contribution in [0.2, 0.25) is 0 Å². The van der Waals surface area contributed by atoms with Gasteiger partial charge in [-0.2, -0.15) is 0 Å². The third-order valence-electron chi connectivity index (χ3n) is 3.28. The first-order valence-electron chi connectivity index (χ1n) is 7.09. The number of nitrogens with one attached hydrogen (secondary N) is 1. The molecule has 0 spiro atoms. The molecule has 0 fully saturated rings. The Morgan fingerprint density at radius 2 is 1.90 bits per heavy atom. The molecule has 1 atom stereocenters. The lowest BCUT2D eigenvalue weighted by atomic mass is 10.0. The zero-order chi connectivity index (χ0) is 15.2. The zero-order valence-corrected chi connectivity index (χ0v) is 12.9. The molecular formula is C16H26N2O2. The molecule has 4 nitrogen and oxygen atoms in total. The summed E-state index contributed by atoms with van der Waals surface area (Å²) in [6, 6.07) is 10.2. The fourth-order valence-electron chi connectivity index (χ4n) is 2.41. The van der Waals surface area contributed by atoms with Crippen molar-refractivity contribution < 1.29 is 9.90 Å². The highest BCUT2D eigenvalue weighted by molar-refractivity contribution is 5.66. The van der Waals surface area contributed by atoms with Gasteiger partial charge in [0.2, 0.25) is 0 Å². The van der Waals surface area contributed by atoms with Crippen molar-refractivity contribution in [1.82, 2.24) is 10.2 Å². The van der Waals surface area contributed by atoms with Gasteiger partial charge in [0.25, 0.3) is 0 Å². The Kier molecular flexibility index (Phi) is 6.02. The lowest BCUT2D eigenvalue weighted by Gasteiger charge is -2.38. The molecule has 20 heavy (non-hydrogen) atoms. The third-order valence-corrected chi connectivity index (χ3v) is 3.28. The molecule has 1 amide bonds. The van der Waals surface area contributed by atoms with Gasteiger partial charge in [-0.1, -0.05) is 30.3 Å². The number of hydrogen-bond acceptors (Lipinski definition) is 2. The van der Waals surface area contributed by atoms with E-state index in [4.69, 9.17) is 0 Å². The SMILES string of the molecule is C[C@H](CCNCc1ccccc1)N(C(=O)O)C(C)(C)C. The van der Waals surface area contributed by atoms with Gasteiger partial charge in [-0.15, -0.1) is 0 Å². The van der Waals surface area contributed by atoms with Crippen LogP contribution in [0.4, 0.5) is 4.79 Å². The van der Waals surface area contributed by atoms with Crippen molar-refractivity contribution in [3.63, 3.8) is 0 Å². The Bertz CT molecular complexity index is 412. The molecule has 0 unspecified atom stereocenters. The quantitative estimate of drug-likeness (QED) is 0.785. The van der Waals surface area contributed by atoms with E-state index in [1.165, 1.54) is 10.5 Å². The summed E-state index contributed by atoms with van der Waals surface area (Å²) in [6.07, 6.45) is -0.0517. The molecule has 4 heteroatoms. The number of carbonyl (C=O) groups is 1. The third kappa shape index (κ3) is 5.21. The maximum Gasteiger partial charge on any atom is 0.407 e. The normalized spacial score (nSPS) is 13.0. The van der Waals surface area contributed by atoms with E-state index in [9.17, 15) is 9.90 Å². The highest BCUT2D eigenvalue weighted by Crippen LogP contribution is 2.18. The fourth-order valence-corrected chi connectivity index (χ4v) is 2.41. The van der Waals surface area contributed by atoms with Gasteiger partial charge >= 0.3 is 6.09 Å². The highest BCUT2D eigenvalue weighted by Gasteiger charge is 2.30. The van der Waals surface area contributed by atoms with E-state index in [0.717, 1.165) is 19.5 Å². The number of hydrogen-bond donors (Lipinski definition) is 2. The van der Waals surface area contributed by atoms with E-state index >= 15 is 0 Å². The van der Waals surface area contributed by atoms with Crippen molar-refractivity contribution >= 4 is 6.09 Å². The minimum absolute atomic E-state index is 0.00391. The largest absolute Gasteiger partial charge is 0.465 e. The van der Waals surface area contributed by atoms with Crippen molar-refractivity contribution in [3.05, 3.63) is 35.9 Å². The van der Waals surface area contributed by atoms with Crippen LogP contribution in [0.15, 0.2) is 30.3 Å². The number of amides is 1. The molecule has 1 aromatic carbocycles. The molecule has 112 valence electrons. The first-order valence-corrected chi connectivity index (χ1v) is 7.09. The van der Waals surface area contributed by atoms with Crippen molar-refractivity contribution in [1.29, 1.82) is 0 Å². The average Bonchev–Trinajstić information content (AvgIpc) is 2.33. The van der Waals surface area contributed by atoms with Gasteiger partial charge in [-0.3, -0.25) is 0 Å². The second kappa shape index (κ2) is 7.29. The molecule has 0 heterocycles. The topological polar surface area (TPSA) is 52.6 Å². The maximum atomic E-state index is 11.3. The standard InChI is InChI=1S/C16H26N2O2/c1-13(18(15(19)20)16(2,3)4)10-11-17-12-14-8-6-5-7-9-14/h5-9,13,17H,10-12H2,1-4H3,(H,19,20)/t13-/m1/s1. The summed E-state index contributed by atoms with van der Waals surface area (Å²) < 4.78 is 0. The van der Waals surface area contributed by atoms with Crippen molar-refractivity contribution in [2.24, 2.45) is 0 Å². The molecule has 0 bridgehead atoms. The summed E-state index contributed by atoms with van der Waals surface area (Å²) in [5.74, 6) is 0. The van der Waals surface area contributed by atoms with Gasteiger partial charge in [0.1, 0.15) is 0 Å². The summed E-state index contributed by atoms with van der Waals surface area (Å²) >= 11 is 0. The summed E-state index contributed by atoms with van der Waals surface area (Å²) in [5.41, 5.74) is 0.871. The van der Waals surface area contributed by atoms with Crippen LogP contribution in [0.5, 0.6) is 0 Å². The minimum atomic E-state index is -0.854. The average molecular weight is 278 g/mol. The molecule has 2 N–H and O–H groups in total. The Balaban J connectivity index is 2.39. The molecule has 1 rings (SSSR count). The molecule has 0 aromatic heterocycles. The lowest BCUT2D eigenvalue weighted by molar-refractivity contribution is 0.0729. The number of benzene rings is 1. The van der Waals surface area contributed by atoms with Gasteiger partial charge in [-0.25, -0.2) is 4.79 Å². The monoisotopic (exact) mass is 278 g/mol. The number of carboxylic acid groups (broad SMARTS) is 1. The summed E-state index contributed by atoms with van der Waals surface area (Å²) in [5, 5.41) is 12.7. The van der Waals surface area contributed by atoms with E-state index in [2.05, 4.69) is 17.4 Å². The summed E-state index contributed by atoms with van der Waals surface area (Å²) in [7, 11) is 0. The Labute approximate surface area is 121 Å². The zero-order valence-electron chi connectivity index (χ0n) is 12.9. The Morgan fingerprint density at radius 3 is 2.40 bits per heavy atom. The van der Waals surface area contributed by atoms with Gasteiger partial charge in [0, 0.05) is 18.1 Å². The first kappa shape index (κ1) is 16.5. The maximum absolute atomic E-state index is 11.3. The second-order valence-electron chi connectivity index (χ2n) is 6.12. The van der Waals surface area contributed by atoms with E-state index in [1.54, 1.807) is 0 Å². The van der Waals surface area contributed by atoms with E-state index in [1.807, 2.05) is 45.9 Å². The second-order valence-corrected chi connectivity index (χ2v) is 6.12.